The van der Waals surface area contributed by atoms with Crippen molar-refractivity contribution in [3.63, 3.8) is 0 Å². The zero-order valence-corrected chi connectivity index (χ0v) is 8.82. The third-order valence-electron chi connectivity index (χ3n) is 1.42. The quantitative estimate of drug-likeness (QED) is 0.849. The summed E-state index contributed by atoms with van der Waals surface area (Å²) in [6, 6.07) is 0.706. The topological polar surface area (TPSA) is 49.9 Å². The lowest BCUT2D eigenvalue weighted by Gasteiger charge is -2.03. The van der Waals surface area contributed by atoms with Gasteiger partial charge in [0, 0.05) is 6.07 Å². The standard InChI is InChI=1S/C7H3BrClF2NO2/c8-4-3(13)1-2(7(10)11)12-5(4)6(9)14/h1,7H,(H,12,13). The fourth-order valence-corrected chi connectivity index (χ4v) is 1.47. The molecule has 1 aromatic heterocycles. The van der Waals surface area contributed by atoms with Gasteiger partial charge in [0.2, 0.25) is 0 Å². The SMILES string of the molecule is O=C(Cl)c1[nH]c(C(F)F)cc(=O)c1Br. The maximum atomic E-state index is 12.2. The van der Waals surface area contributed by atoms with Crippen molar-refractivity contribution < 1.29 is 13.6 Å². The van der Waals surface area contributed by atoms with Crippen molar-refractivity contribution in [2.24, 2.45) is 0 Å². The number of alkyl halides is 2. The number of aromatic nitrogens is 1. The van der Waals surface area contributed by atoms with Gasteiger partial charge in [-0.25, -0.2) is 8.78 Å². The third-order valence-corrected chi connectivity index (χ3v) is 2.40. The molecule has 1 heterocycles. The number of rotatable bonds is 2. The number of hydrogen-bond donors (Lipinski definition) is 1. The van der Waals surface area contributed by atoms with Gasteiger partial charge in [0.1, 0.15) is 5.69 Å². The summed E-state index contributed by atoms with van der Waals surface area (Å²) in [7, 11) is 0. The van der Waals surface area contributed by atoms with Crippen LogP contribution in [0, 0.1) is 0 Å². The molecule has 0 amide bonds. The molecule has 0 fully saturated rings. The maximum Gasteiger partial charge on any atom is 0.278 e. The van der Waals surface area contributed by atoms with Crippen molar-refractivity contribution in [2.45, 2.75) is 6.43 Å². The van der Waals surface area contributed by atoms with E-state index in [4.69, 9.17) is 11.6 Å². The Morgan fingerprint density at radius 1 is 1.57 bits per heavy atom. The molecule has 76 valence electrons. The fourth-order valence-electron chi connectivity index (χ4n) is 0.816. The van der Waals surface area contributed by atoms with Crippen LogP contribution in [0.1, 0.15) is 22.6 Å². The maximum absolute atomic E-state index is 12.2. The second-order valence-corrected chi connectivity index (χ2v) is 3.49. The summed E-state index contributed by atoms with van der Waals surface area (Å²) in [5.41, 5.74) is -1.72. The molecule has 7 heteroatoms. The van der Waals surface area contributed by atoms with Crippen LogP contribution < -0.4 is 5.43 Å². The predicted octanol–water partition coefficient (Wildman–Crippen LogP) is 2.45. The number of H-pyrrole nitrogens is 1. The van der Waals surface area contributed by atoms with E-state index >= 15 is 0 Å². The summed E-state index contributed by atoms with van der Waals surface area (Å²) < 4.78 is 24.2. The fraction of sp³-hybridized carbons (Fsp3) is 0.143. The number of halogens is 4. The first kappa shape index (κ1) is 11.3. The third kappa shape index (κ3) is 2.19. The molecule has 14 heavy (non-hydrogen) atoms. The Hall–Kier alpha value is -0.750. The van der Waals surface area contributed by atoms with Crippen molar-refractivity contribution in [1.29, 1.82) is 0 Å². The van der Waals surface area contributed by atoms with E-state index < -0.39 is 22.8 Å². The minimum atomic E-state index is -2.86. The molecule has 0 spiro atoms. The Labute approximate surface area is 90.2 Å². The Bertz CT molecular complexity index is 432. The van der Waals surface area contributed by atoms with Crippen LogP contribution >= 0.6 is 27.5 Å². The van der Waals surface area contributed by atoms with E-state index in [1.54, 1.807) is 0 Å². The van der Waals surface area contributed by atoms with Gasteiger partial charge in [0.05, 0.1) is 10.2 Å². The summed E-state index contributed by atoms with van der Waals surface area (Å²) in [5, 5.41) is -1.00. The molecule has 0 unspecified atom stereocenters. The average molecular weight is 286 g/mol. The van der Waals surface area contributed by atoms with Crippen molar-refractivity contribution >= 4 is 32.8 Å². The van der Waals surface area contributed by atoms with Crippen LogP contribution in [-0.4, -0.2) is 10.2 Å². The molecule has 0 atom stereocenters. The molecule has 0 radical (unpaired) electrons. The second-order valence-electron chi connectivity index (χ2n) is 2.35. The number of nitrogens with one attached hydrogen (secondary N) is 1. The molecule has 0 bridgehead atoms. The smallest absolute Gasteiger partial charge is 0.278 e. The van der Waals surface area contributed by atoms with E-state index in [2.05, 4.69) is 20.9 Å². The normalized spacial score (nSPS) is 10.6. The molecule has 0 aliphatic heterocycles. The highest BCUT2D eigenvalue weighted by Crippen LogP contribution is 2.19. The van der Waals surface area contributed by atoms with Gasteiger partial charge in [0.15, 0.2) is 5.43 Å². The van der Waals surface area contributed by atoms with Gasteiger partial charge in [0.25, 0.3) is 11.7 Å². The van der Waals surface area contributed by atoms with Crippen LogP contribution in [0.25, 0.3) is 0 Å². The van der Waals surface area contributed by atoms with Gasteiger partial charge in [-0.15, -0.1) is 0 Å². The number of carbonyl (C=O) groups excluding carboxylic acids is 1. The zero-order chi connectivity index (χ0) is 10.9. The minimum absolute atomic E-state index is 0.151. The summed E-state index contributed by atoms with van der Waals surface area (Å²) in [5.74, 6) is 0. The van der Waals surface area contributed by atoms with Gasteiger partial charge in [-0.3, -0.25) is 9.59 Å². The van der Waals surface area contributed by atoms with E-state index in [-0.39, 0.29) is 10.2 Å². The lowest BCUT2D eigenvalue weighted by molar-refractivity contribution is 0.107. The summed E-state index contributed by atoms with van der Waals surface area (Å²) in [6.07, 6.45) is -2.86. The van der Waals surface area contributed by atoms with Crippen LogP contribution in [0.15, 0.2) is 15.3 Å². The van der Waals surface area contributed by atoms with E-state index in [0.29, 0.717) is 6.07 Å². The van der Waals surface area contributed by atoms with Gasteiger partial charge in [-0.2, -0.15) is 0 Å². The highest BCUT2D eigenvalue weighted by molar-refractivity contribution is 9.10. The molecule has 3 nitrogen and oxygen atoms in total. The van der Waals surface area contributed by atoms with Crippen molar-refractivity contribution in [3.8, 4) is 0 Å². The Morgan fingerprint density at radius 3 is 2.57 bits per heavy atom. The van der Waals surface area contributed by atoms with Crippen LogP contribution in [0.4, 0.5) is 8.78 Å². The molecular formula is C7H3BrClF2NO2. The van der Waals surface area contributed by atoms with Crippen LogP contribution in [0.3, 0.4) is 0 Å². The lowest BCUT2D eigenvalue weighted by Crippen LogP contribution is -2.12. The van der Waals surface area contributed by atoms with Gasteiger partial charge >= 0.3 is 0 Å². The molecular weight excluding hydrogens is 283 g/mol. The van der Waals surface area contributed by atoms with Crippen LogP contribution in [-0.2, 0) is 0 Å². The van der Waals surface area contributed by atoms with Gasteiger partial charge in [-0.05, 0) is 27.5 Å². The van der Waals surface area contributed by atoms with E-state index in [1.807, 2.05) is 0 Å². The van der Waals surface area contributed by atoms with Gasteiger partial charge < -0.3 is 4.98 Å². The monoisotopic (exact) mass is 285 g/mol. The summed E-state index contributed by atoms with van der Waals surface area (Å²) in [4.78, 5) is 23.8. The zero-order valence-electron chi connectivity index (χ0n) is 6.48. The minimum Gasteiger partial charge on any atom is -0.349 e. The molecule has 0 aliphatic carbocycles. The highest BCUT2D eigenvalue weighted by atomic mass is 79.9. The summed E-state index contributed by atoms with van der Waals surface area (Å²) >= 11 is 7.84. The Morgan fingerprint density at radius 2 is 2.14 bits per heavy atom. The molecule has 0 saturated carbocycles. The van der Waals surface area contributed by atoms with Crippen LogP contribution in [0.2, 0.25) is 0 Å². The molecule has 1 aromatic rings. The predicted molar refractivity (Wildman–Crippen MR) is 49.9 cm³/mol. The van der Waals surface area contributed by atoms with Crippen molar-refractivity contribution in [1.82, 2.24) is 4.98 Å². The first-order valence-electron chi connectivity index (χ1n) is 3.34. The first-order chi connectivity index (χ1) is 6.43. The number of aromatic amines is 1. The molecule has 1 N–H and O–H groups in total. The largest absolute Gasteiger partial charge is 0.349 e. The number of pyridine rings is 1. The number of hydrogen-bond acceptors (Lipinski definition) is 2. The van der Waals surface area contributed by atoms with Crippen molar-refractivity contribution in [3.05, 3.63) is 32.2 Å². The first-order valence-corrected chi connectivity index (χ1v) is 4.51. The van der Waals surface area contributed by atoms with Crippen molar-refractivity contribution in [2.75, 3.05) is 0 Å². The Balaban J connectivity index is 3.43. The number of carbonyl (C=O) groups is 1. The van der Waals surface area contributed by atoms with E-state index in [0.717, 1.165) is 0 Å². The second kappa shape index (κ2) is 4.18. The van der Waals surface area contributed by atoms with Crippen LogP contribution in [0.5, 0.6) is 0 Å². The average Bonchev–Trinajstić information content (AvgIpc) is 2.08. The summed E-state index contributed by atoms with van der Waals surface area (Å²) in [6.45, 7) is 0. The molecule has 0 saturated heterocycles. The van der Waals surface area contributed by atoms with E-state index in [9.17, 15) is 18.4 Å². The molecule has 0 aromatic carbocycles. The lowest BCUT2D eigenvalue weighted by atomic mass is 10.3. The molecule has 0 aliphatic rings. The highest BCUT2D eigenvalue weighted by Gasteiger charge is 2.16. The molecule has 1 rings (SSSR count). The van der Waals surface area contributed by atoms with Gasteiger partial charge in [-0.1, -0.05) is 0 Å². The Kier molecular flexibility index (Phi) is 3.38. The van der Waals surface area contributed by atoms with E-state index in [1.165, 1.54) is 0 Å².